The van der Waals surface area contributed by atoms with Crippen LogP contribution in [0.2, 0.25) is 0 Å². The van der Waals surface area contributed by atoms with Crippen LogP contribution in [-0.4, -0.2) is 62.5 Å². The molecule has 2 saturated carbocycles. The fourth-order valence-electron chi connectivity index (χ4n) is 5.38. The number of aliphatic hydroxyl groups excluding tert-OH is 1. The van der Waals surface area contributed by atoms with Gasteiger partial charge in [-0.2, -0.15) is 0 Å². The van der Waals surface area contributed by atoms with Gasteiger partial charge < -0.3 is 39.4 Å². The van der Waals surface area contributed by atoms with Crippen LogP contribution in [0, 0.1) is 0 Å². The van der Waals surface area contributed by atoms with E-state index < -0.39 is 64.3 Å². The Morgan fingerprint density at radius 3 is 2.50 bits per heavy atom. The van der Waals surface area contributed by atoms with E-state index in [1.165, 1.54) is 37.4 Å². The smallest absolute Gasteiger partial charge is 0.346 e. The number of ether oxygens (including phenoxy) is 2. The topological polar surface area (TPSA) is 170 Å². The summed E-state index contributed by atoms with van der Waals surface area (Å²) in [5.41, 5.74) is -9.98. The summed E-state index contributed by atoms with van der Waals surface area (Å²) in [7, 11) is 1.27. The Kier molecular flexibility index (Phi) is 4.16. The number of carbonyl (C=O) groups is 1. The van der Waals surface area contributed by atoms with Gasteiger partial charge in [0.2, 0.25) is 5.60 Å². The fraction of sp³-hybridized carbons (Fsp3) is 0.364. The minimum Gasteiger partial charge on any atom is -0.872 e. The van der Waals surface area contributed by atoms with Crippen LogP contribution in [0.1, 0.15) is 23.7 Å². The predicted octanol–water partition coefficient (Wildman–Crippen LogP) is -1.60. The molecule has 6 atom stereocenters. The summed E-state index contributed by atoms with van der Waals surface area (Å²) in [6.07, 6.45) is -3.84. The van der Waals surface area contributed by atoms with Gasteiger partial charge >= 0.3 is 11.6 Å². The summed E-state index contributed by atoms with van der Waals surface area (Å²) >= 11 is 0. The number of carbonyl (C=O) groups excluding carboxylic acids is 1. The maximum Gasteiger partial charge on any atom is 0.346 e. The molecule has 1 saturated heterocycles. The lowest BCUT2D eigenvalue weighted by Gasteiger charge is -2.50. The molecule has 3 fully saturated rings. The van der Waals surface area contributed by atoms with Crippen molar-refractivity contribution in [2.24, 2.45) is 0 Å². The first-order chi connectivity index (χ1) is 15.1. The maximum atomic E-state index is 13.5. The van der Waals surface area contributed by atoms with Gasteiger partial charge in [-0.05, 0) is 5.56 Å². The lowest BCUT2D eigenvalue weighted by Crippen LogP contribution is -2.69. The highest BCUT2D eigenvalue weighted by atomic mass is 16.6. The number of methoxy groups -OCH3 is 1. The SMILES string of the molecule is COc1cc([C@@H]2[C@]3(O)C[C@H]4OC(=O)[C@]3(O)/C(=C(/[O-])c3ccccc3)[C@]2(O)C4O)oc(=O)c1. The van der Waals surface area contributed by atoms with Crippen LogP contribution in [0.25, 0.3) is 5.76 Å². The van der Waals surface area contributed by atoms with Crippen molar-refractivity contribution in [1.82, 2.24) is 0 Å². The molecular formula is C22H19O10-. The summed E-state index contributed by atoms with van der Waals surface area (Å²) in [4.78, 5) is 25.0. The van der Waals surface area contributed by atoms with Crippen molar-refractivity contribution in [3.63, 3.8) is 0 Å². The van der Waals surface area contributed by atoms with Crippen molar-refractivity contribution < 1.29 is 44.2 Å². The Bertz CT molecular complexity index is 1200. The minimum absolute atomic E-state index is 0.00482. The van der Waals surface area contributed by atoms with Gasteiger partial charge in [-0.3, -0.25) is 0 Å². The van der Waals surface area contributed by atoms with Crippen LogP contribution in [0.15, 0.2) is 57.2 Å². The molecular weight excluding hydrogens is 424 g/mol. The zero-order valence-electron chi connectivity index (χ0n) is 16.7. The summed E-state index contributed by atoms with van der Waals surface area (Å²) < 4.78 is 15.3. The Balaban J connectivity index is 1.88. The number of rotatable bonds is 3. The van der Waals surface area contributed by atoms with E-state index in [0.29, 0.717) is 0 Å². The molecule has 32 heavy (non-hydrogen) atoms. The fourth-order valence-corrected chi connectivity index (χ4v) is 5.38. The number of aliphatic hydroxyl groups is 4. The number of esters is 1. The molecule has 1 aromatic carbocycles. The van der Waals surface area contributed by atoms with Gasteiger partial charge in [0.15, 0.2) is 0 Å². The monoisotopic (exact) mass is 443 g/mol. The van der Waals surface area contributed by atoms with Gasteiger partial charge in [0.25, 0.3) is 0 Å². The van der Waals surface area contributed by atoms with Crippen molar-refractivity contribution >= 4 is 11.7 Å². The van der Waals surface area contributed by atoms with Gasteiger partial charge in [0.1, 0.15) is 34.9 Å². The van der Waals surface area contributed by atoms with Gasteiger partial charge in [0, 0.05) is 18.1 Å². The molecule has 3 bridgehead atoms. The number of hydrogen-bond acceptors (Lipinski definition) is 10. The third-order valence-electron chi connectivity index (χ3n) is 6.72. The molecule has 2 heterocycles. The van der Waals surface area contributed by atoms with Crippen LogP contribution in [-0.2, 0) is 9.53 Å². The zero-order valence-corrected chi connectivity index (χ0v) is 16.7. The highest BCUT2D eigenvalue weighted by Crippen LogP contribution is 2.67. The summed E-state index contributed by atoms with van der Waals surface area (Å²) in [5.74, 6) is -4.48. The van der Waals surface area contributed by atoms with E-state index in [1.54, 1.807) is 6.07 Å². The standard InChI is InChI=1S/C22H20O10/c1-30-11-7-12(31-14(23)8-11)16-20(27)9-13-18(25)21(16,28)17(22(20,29)19(26)32-13)15(24)10-5-3-2-4-6-10/h2-8,13,16,18,24-25,27-29H,9H2,1H3/p-1/b17-15+/t13-,16-,18?,20-,21+,22-/m1/s1. The molecule has 1 aliphatic heterocycles. The second kappa shape index (κ2) is 6.42. The lowest BCUT2D eigenvalue weighted by atomic mass is 9.65. The summed E-state index contributed by atoms with van der Waals surface area (Å²) in [6.45, 7) is 0. The normalized spacial score (nSPS) is 39.0. The average molecular weight is 443 g/mol. The van der Waals surface area contributed by atoms with Crippen molar-refractivity contribution in [2.75, 3.05) is 7.11 Å². The first-order valence-corrected chi connectivity index (χ1v) is 9.82. The van der Waals surface area contributed by atoms with Crippen LogP contribution in [0.4, 0.5) is 0 Å². The van der Waals surface area contributed by atoms with Gasteiger partial charge in [-0.25, -0.2) is 9.59 Å². The summed E-state index contributed by atoms with van der Waals surface area (Å²) in [6, 6.07) is 9.66. The molecule has 0 radical (unpaired) electrons. The molecule has 2 aromatic rings. The van der Waals surface area contributed by atoms with Crippen LogP contribution < -0.4 is 15.5 Å². The van der Waals surface area contributed by atoms with Crippen molar-refractivity contribution in [3.05, 3.63) is 69.8 Å². The molecule has 1 aromatic heterocycles. The molecule has 5 rings (SSSR count). The van der Waals surface area contributed by atoms with E-state index >= 15 is 0 Å². The Morgan fingerprint density at radius 1 is 1.16 bits per heavy atom. The molecule has 0 amide bonds. The van der Waals surface area contributed by atoms with Gasteiger partial charge in [-0.15, -0.1) is 0 Å². The number of hydrogen-bond donors (Lipinski definition) is 4. The van der Waals surface area contributed by atoms with Crippen LogP contribution >= 0.6 is 0 Å². The van der Waals surface area contributed by atoms with E-state index in [1.807, 2.05) is 0 Å². The lowest BCUT2D eigenvalue weighted by molar-refractivity contribution is -0.253. The number of benzene rings is 1. The second-order valence-electron chi connectivity index (χ2n) is 8.27. The molecule has 0 spiro atoms. The molecule has 10 heteroatoms. The highest BCUT2D eigenvalue weighted by molar-refractivity contribution is 5.93. The number of fused-ring (bicyclic) bond motifs is 2. The average Bonchev–Trinajstić information content (AvgIpc) is 2.87. The molecule has 10 nitrogen and oxygen atoms in total. The van der Waals surface area contributed by atoms with E-state index in [4.69, 9.17) is 13.9 Å². The third-order valence-corrected chi connectivity index (χ3v) is 6.72. The third kappa shape index (κ3) is 2.27. The van der Waals surface area contributed by atoms with E-state index in [0.717, 1.165) is 6.07 Å². The molecule has 4 N–H and O–H groups in total. The van der Waals surface area contributed by atoms with Gasteiger partial charge in [0.05, 0.1) is 19.1 Å². The maximum absolute atomic E-state index is 13.5. The molecule has 2 aliphatic carbocycles. The van der Waals surface area contributed by atoms with Crippen LogP contribution in [0.5, 0.6) is 5.75 Å². The first kappa shape index (κ1) is 20.7. The van der Waals surface area contributed by atoms with E-state index in [9.17, 15) is 35.1 Å². The highest BCUT2D eigenvalue weighted by Gasteiger charge is 2.84. The van der Waals surface area contributed by atoms with Crippen LogP contribution in [0.3, 0.4) is 0 Å². The van der Waals surface area contributed by atoms with E-state index in [2.05, 4.69) is 0 Å². The quantitative estimate of drug-likeness (QED) is 0.320. The zero-order chi connectivity index (χ0) is 23.1. The Hall–Kier alpha value is -3.18. The molecule has 168 valence electrons. The largest absolute Gasteiger partial charge is 0.872 e. The first-order valence-electron chi connectivity index (χ1n) is 9.82. The van der Waals surface area contributed by atoms with Crippen molar-refractivity contribution in [2.45, 2.75) is 41.3 Å². The molecule has 3 aliphatic rings. The minimum atomic E-state index is -3.00. The second-order valence-corrected chi connectivity index (χ2v) is 8.27. The van der Waals surface area contributed by atoms with Crippen molar-refractivity contribution in [1.29, 1.82) is 0 Å². The Labute approximate surface area is 180 Å². The van der Waals surface area contributed by atoms with Gasteiger partial charge in [-0.1, -0.05) is 36.1 Å². The molecule has 1 unspecified atom stereocenters. The predicted molar refractivity (Wildman–Crippen MR) is 103 cm³/mol. The summed E-state index contributed by atoms with van der Waals surface area (Å²) in [5, 5.41) is 59.5. The van der Waals surface area contributed by atoms with Crippen molar-refractivity contribution in [3.8, 4) is 5.75 Å². The van der Waals surface area contributed by atoms with E-state index in [-0.39, 0.29) is 17.1 Å². The Morgan fingerprint density at radius 2 is 1.84 bits per heavy atom.